The molecule has 1 atom stereocenters. The lowest BCUT2D eigenvalue weighted by Crippen LogP contribution is -2.60. The van der Waals surface area contributed by atoms with Crippen LogP contribution in [0.2, 0.25) is 5.28 Å². The Morgan fingerprint density at radius 3 is 2.90 bits per heavy atom. The van der Waals surface area contributed by atoms with Crippen LogP contribution in [0.5, 0.6) is 0 Å². The van der Waals surface area contributed by atoms with E-state index >= 15 is 0 Å². The summed E-state index contributed by atoms with van der Waals surface area (Å²) < 4.78 is 43.4. The zero-order chi connectivity index (χ0) is 15.3. The number of nitrogens with zero attached hydrogens (tertiary/aromatic N) is 3. The molecule has 0 aliphatic carbocycles. The van der Waals surface area contributed by atoms with Crippen molar-refractivity contribution < 1.29 is 22.7 Å². The van der Waals surface area contributed by atoms with Crippen LogP contribution in [0.4, 0.5) is 24.7 Å². The second-order valence-electron chi connectivity index (χ2n) is 4.89. The molecule has 2 aliphatic heterocycles. The summed E-state index contributed by atoms with van der Waals surface area (Å²) in [7, 11) is 0. The van der Waals surface area contributed by atoms with Gasteiger partial charge >= 0.3 is 6.18 Å². The van der Waals surface area contributed by atoms with Gasteiger partial charge in [-0.25, -0.2) is 4.98 Å². The van der Waals surface area contributed by atoms with Gasteiger partial charge in [0.15, 0.2) is 5.82 Å². The monoisotopic (exact) mass is 322 g/mol. The summed E-state index contributed by atoms with van der Waals surface area (Å²) in [6, 6.07) is 0. The van der Waals surface area contributed by atoms with Gasteiger partial charge in [-0.3, -0.25) is 9.69 Å². The van der Waals surface area contributed by atoms with Crippen LogP contribution >= 0.6 is 11.6 Å². The lowest BCUT2D eigenvalue weighted by molar-refractivity contribution is -0.135. The van der Waals surface area contributed by atoms with Crippen molar-refractivity contribution in [3.63, 3.8) is 0 Å². The number of halogens is 4. The van der Waals surface area contributed by atoms with Gasteiger partial charge in [0.1, 0.15) is 17.8 Å². The average Bonchev–Trinajstić information content (AvgIpc) is 2.83. The Balaban J connectivity index is 2.06. The summed E-state index contributed by atoms with van der Waals surface area (Å²) in [6.07, 6.45) is -3.17. The third-order valence-electron chi connectivity index (χ3n) is 3.40. The molecule has 0 aromatic carbocycles. The predicted molar refractivity (Wildman–Crippen MR) is 67.2 cm³/mol. The maximum Gasteiger partial charge on any atom is 0.406 e. The van der Waals surface area contributed by atoms with E-state index in [9.17, 15) is 18.0 Å². The Hall–Kier alpha value is -1.61. The van der Waals surface area contributed by atoms with Gasteiger partial charge in [0, 0.05) is 13.0 Å². The second-order valence-corrected chi connectivity index (χ2v) is 5.23. The second kappa shape index (κ2) is 4.70. The van der Waals surface area contributed by atoms with E-state index in [1.165, 1.54) is 0 Å². The van der Waals surface area contributed by atoms with Crippen molar-refractivity contribution in [2.24, 2.45) is 0 Å². The number of amides is 1. The fourth-order valence-corrected chi connectivity index (χ4v) is 2.59. The minimum absolute atomic E-state index is 0.0126. The van der Waals surface area contributed by atoms with Gasteiger partial charge in [0.05, 0.1) is 12.8 Å². The minimum atomic E-state index is -4.54. The van der Waals surface area contributed by atoms with Crippen LogP contribution in [0.3, 0.4) is 0 Å². The summed E-state index contributed by atoms with van der Waals surface area (Å²) in [6.45, 7) is -1.14. The van der Waals surface area contributed by atoms with Crippen LogP contribution in [0.25, 0.3) is 0 Å². The van der Waals surface area contributed by atoms with E-state index in [0.29, 0.717) is 4.90 Å². The van der Waals surface area contributed by atoms with Gasteiger partial charge in [0.2, 0.25) is 5.28 Å². The predicted octanol–water partition coefficient (Wildman–Crippen LogP) is 1.61. The number of ether oxygens (including phenoxy) is 1. The normalized spacial score (nSPS) is 25.1. The van der Waals surface area contributed by atoms with Crippen LogP contribution < -0.4 is 10.2 Å². The average molecular weight is 323 g/mol. The molecule has 0 saturated carbocycles. The molecule has 6 nitrogen and oxygen atoms in total. The summed E-state index contributed by atoms with van der Waals surface area (Å²) in [5.74, 6) is -0.597. The molecule has 0 radical (unpaired) electrons. The molecule has 1 saturated heterocycles. The van der Waals surface area contributed by atoms with Gasteiger partial charge in [-0.2, -0.15) is 18.2 Å². The van der Waals surface area contributed by atoms with Crippen molar-refractivity contribution >= 4 is 29.0 Å². The van der Waals surface area contributed by atoms with Gasteiger partial charge in [-0.1, -0.05) is 0 Å². The van der Waals surface area contributed by atoms with E-state index in [-0.39, 0.29) is 36.4 Å². The first-order valence-corrected chi connectivity index (χ1v) is 6.46. The summed E-state index contributed by atoms with van der Waals surface area (Å²) in [5.41, 5.74) is -1.27. The zero-order valence-electron chi connectivity index (χ0n) is 10.6. The van der Waals surface area contributed by atoms with Gasteiger partial charge in [-0.15, -0.1) is 0 Å². The van der Waals surface area contributed by atoms with E-state index in [4.69, 9.17) is 16.3 Å². The van der Waals surface area contributed by atoms with Crippen molar-refractivity contribution in [3.05, 3.63) is 11.5 Å². The molecule has 3 rings (SSSR count). The molecule has 0 bridgehead atoms. The minimum Gasteiger partial charge on any atom is -0.378 e. The van der Waals surface area contributed by atoms with Crippen LogP contribution in [0.15, 0.2) is 6.20 Å². The molecule has 114 valence electrons. The highest BCUT2D eigenvalue weighted by molar-refractivity contribution is 6.28. The van der Waals surface area contributed by atoms with Crippen molar-refractivity contribution in [1.29, 1.82) is 0 Å². The highest BCUT2D eigenvalue weighted by Crippen LogP contribution is 2.39. The molecule has 2 aliphatic rings. The first-order chi connectivity index (χ1) is 9.81. The SMILES string of the molecule is O=C1N(CC(F)(F)F)c2cnc(Cl)nc2NC12CCOC2. The molecule has 3 heterocycles. The van der Waals surface area contributed by atoms with Crippen LogP contribution in [-0.4, -0.2) is 47.3 Å². The number of nitrogens with one attached hydrogen (secondary N) is 1. The molecule has 21 heavy (non-hydrogen) atoms. The molecule has 1 aromatic rings. The molecular formula is C11H10ClF3N4O2. The molecule has 1 amide bonds. The maximum atomic E-state index is 12.7. The Bertz CT molecular complexity index is 589. The van der Waals surface area contributed by atoms with Crippen molar-refractivity contribution in [1.82, 2.24) is 9.97 Å². The van der Waals surface area contributed by atoms with Crippen LogP contribution in [-0.2, 0) is 9.53 Å². The van der Waals surface area contributed by atoms with Gasteiger partial charge in [0.25, 0.3) is 5.91 Å². The Labute approximate surface area is 122 Å². The highest BCUT2D eigenvalue weighted by atomic mass is 35.5. The van der Waals surface area contributed by atoms with E-state index in [1.54, 1.807) is 0 Å². The first kappa shape index (κ1) is 14.3. The highest BCUT2D eigenvalue weighted by Gasteiger charge is 2.51. The third-order valence-corrected chi connectivity index (χ3v) is 3.58. The number of anilines is 2. The number of rotatable bonds is 1. The number of aromatic nitrogens is 2. The summed E-state index contributed by atoms with van der Waals surface area (Å²) in [5, 5.41) is 2.75. The summed E-state index contributed by atoms with van der Waals surface area (Å²) in [4.78, 5) is 20.6. The van der Waals surface area contributed by atoms with Crippen LogP contribution in [0.1, 0.15) is 6.42 Å². The van der Waals surface area contributed by atoms with E-state index in [0.717, 1.165) is 6.20 Å². The Morgan fingerprint density at radius 1 is 1.52 bits per heavy atom. The smallest absolute Gasteiger partial charge is 0.378 e. The Kier molecular flexibility index (Phi) is 3.21. The standard InChI is InChI=1S/C11H10ClF3N4O2/c12-9-16-3-6-7(17-9)18-10(1-2-21-5-10)8(20)19(6)4-11(13,14)15/h3H,1-2,4-5H2,(H,16,17,18). The molecule has 10 heteroatoms. The van der Waals surface area contributed by atoms with E-state index < -0.39 is 24.2 Å². The number of hydrogen-bond donors (Lipinski definition) is 1. The molecule has 1 fully saturated rings. The lowest BCUT2D eigenvalue weighted by Gasteiger charge is -2.40. The third kappa shape index (κ3) is 2.51. The molecule has 1 N–H and O–H groups in total. The topological polar surface area (TPSA) is 67.4 Å². The van der Waals surface area contributed by atoms with E-state index in [1.807, 2.05) is 0 Å². The Morgan fingerprint density at radius 2 is 2.29 bits per heavy atom. The van der Waals surface area contributed by atoms with Crippen molar-refractivity contribution in [2.45, 2.75) is 18.1 Å². The number of fused-ring (bicyclic) bond motifs is 1. The van der Waals surface area contributed by atoms with Crippen molar-refractivity contribution in [2.75, 3.05) is 30.0 Å². The summed E-state index contributed by atoms with van der Waals surface area (Å²) >= 11 is 5.67. The molecule has 1 unspecified atom stereocenters. The molecule has 1 aromatic heterocycles. The zero-order valence-corrected chi connectivity index (χ0v) is 11.3. The molecular weight excluding hydrogens is 313 g/mol. The quantitative estimate of drug-likeness (QED) is 0.796. The largest absolute Gasteiger partial charge is 0.406 e. The fraction of sp³-hybridized carbons (Fsp3) is 0.545. The maximum absolute atomic E-state index is 12.7. The first-order valence-electron chi connectivity index (χ1n) is 6.08. The number of hydrogen-bond acceptors (Lipinski definition) is 5. The molecule has 1 spiro atoms. The lowest BCUT2D eigenvalue weighted by atomic mass is 9.94. The fourth-order valence-electron chi connectivity index (χ4n) is 2.46. The van der Waals surface area contributed by atoms with Gasteiger partial charge < -0.3 is 10.1 Å². The van der Waals surface area contributed by atoms with Gasteiger partial charge in [-0.05, 0) is 11.6 Å². The van der Waals surface area contributed by atoms with Crippen molar-refractivity contribution in [3.8, 4) is 0 Å². The van der Waals surface area contributed by atoms with Crippen LogP contribution in [0, 0.1) is 0 Å². The van der Waals surface area contributed by atoms with E-state index in [2.05, 4.69) is 15.3 Å². The number of alkyl halides is 3. The number of carbonyl (C=O) groups excluding carboxylic acids is 1. The number of carbonyl (C=O) groups is 1.